The molecule has 1 aromatic heterocycles. The monoisotopic (exact) mass is 359 g/mol. The van der Waals surface area contributed by atoms with E-state index >= 15 is 0 Å². The SMILES string of the molecule is COc1nc2ccccc2nc1OC[C@H]1CCN(C(=O)OC(C)(C)C)C1. The van der Waals surface area contributed by atoms with Crippen molar-refractivity contribution < 1.29 is 19.0 Å². The fourth-order valence-corrected chi connectivity index (χ4v) is 2.85. The van der Waals surface area contributed by atoms with E-state index in [9.17, 15) is 4.79 Å². The molecule has 2 heterocycles. The lowest BCUT2D eigenvalue weighted by atomic mass is 10.1. The van der Waals surface area contributed by atoms with Crippen molar-refractivity contribution in [3.63, 3.8) is 0 Å². The van der Waals surface area contributed by atoms with Gasteiger partial charge in [0.1, 0.15) is 5.60 Å². The molecule has 3 rings (SSSR count). The van der Waals surface area contributed by atoms with Crippen molar-refractivity contribution in [1.29, 1.82) is 0 Å². The third-order valence-electron chi connectivity index (χ3n) is 4.10. The van der Waals surface area contributed by atoms with Gasteiger partial charge in [-0.2, -0.15) is 0 Å². The highest BCUT2D eigenvalue weighted by molar-refractivity contribution is 5.75. The summed E-state index contributed by atoms with van der Waals surface area (Å²) in [6.07, 6.45) is 0.589. The molecule has 0 bridgehead atoms. The van der Waals surface area contributed by atoms with Crippen molar-refractivity contribution in [3.05, 3.63) is 24.3 Å². The second kappa shape index (κ2) is 7.35. The number of carbonyl (C=O) groups is 1. The highest BCUT2D eigenvalue weighted by Gasteiger charge is 2.30. The van der Waals surface area contributed by atoms with Gasteiger partial charge < -0.3 is 19.1 Å². The molecule has 140 valence electrons. The number of fused-ring (bicyclic) bond motifs is 1. The molecular formula is C19H25N3O4. The van der Waals surface area contributed by atoms with Crippen LogP contribution in [-0.4, -0.2) is 53.4 Å². The lowest BCUT2D eigenvalue weighted by Crippen LogP contribution is -2.35. The predicted molar refractivity (Wildman–Crippen MR) is 97.5 cm³/mol. The zero-order chi connectivity index (χ0) is 18.7. The summed E-state index contributed by atoms with van der Waals surface area (Å²) in [5.74, 6) is 0.966. The first kappa shape index (κ1) is 18.2. The van der Waals surface area contributed by atoms with Crippen LogP contribution in [0.15, 0.2) is 24.3 Å². The van der Waals surface area contributed by atoms with Crippen LogP contribution in [0.1, 0.15) is 27.2 Å². The number of hydrogen-bond donors (Lipinski definition) is 0. The molecule has 1 fully saturated rings. The number of carbonyl (C=O) groups excluding carboxylic acids is 1. The van der Waals surface area contributed by atoms with Gasteiger partial charge in [0.25, 0.3) is 11.8 Å². The van der Waals surface area contributed by atoms with Crippen LogP contribution in [0.3, 0.4) is 0 Å². The Kier molecular flexibility index (Phi) is 5.15. The van der Waals surface area contributed by atoms with Crippen LogP contribution in [0.2, 0.25) is 0 Å². The van der Waals surface area contributed by atoms with E-state index in [-0.39, 0.29) is 12.0 Å². The Labute approximate surface area is 153 Å². The minimum absolute atomic E-state index is 0.223. The van der Waals surface area contributed by atoms with E-state index in [1.54, 1.807) is 12.0 Å². The largest absolute Gasteiger partial charge is 0.477 e. The summed E-state index contributed by atoms with van der Waals surface area (Å²) in [6, 6.07) is 7.57. The zero-order valence-corrected chi connectivity index (χ0v) is 15.7. The smallest absolute Gasteiger partial charge is 0.410 e. The molecule has 26 heavy (non-hydrogen) atoms. The van der Waals surface area contributed by atoms with Crippen LogP contribution < -0.4 is 9.47 Å². The van der Waals surface area contributed by atoms with Gasteiger partial charge >= 0.3 is 6.09 Å². The fourth-order valence-electron chi connectivity index (χ4n) is 2.85. The number of methoxy groups -OCH3 is 1. The van der Waals surface area contributed by atoms with Crippen molar-refractivity contribution in [1.82, 2.24) is 14.9 Å². The molecule has 0 spiro atoms. The molecular weight excluding hydrogens is 334 g/mol. The molecule has 1 amide bonds. The standard InChI is InChI=1S/C19H25N3O4/c1-19(2,3)26-18(23)22-10-9-13(11-22)12-25-17-16(24-4)20-14-7-5-6-8-15(14)21-17/h5-8,13H,9-12H2,1-4H3/t13-/m0/s1. The minimum atomic E-state index is -0.486. The van der Waals surface area contributed by atoms with Crippen LogP contribution in [0.4, 0.5) is 4.79 Å². The van der Waals surface area contributed by atoms with Crippen LogP contribution >= 0.6 is 0 Å². The summed E-state index contributed by atoms with van der Waals surface area (Å²) < 4.78 is 16.6. The maximum Gasteiger partial charge on any atom is 0.410 e. The second-order valence-electron chi connectivity index (χ2n) is 7.42. The topological polar surface area (TPSA) is 73.8 Å². The third-order valence-corrected chi connectivity index (χ3v) is 4.10. The molecule has 1 aliphatic rings. The van der Waals surface area contributed by atoms with Crippen molar-refractivity contribution >= 4 is 17.1 Å². The highest BCUT2D eigenvalue weighted by atomic mass is 16.6. The minimum Gasteiger partial charge on any atom is -0.477 e. The van der Waals surface area contributed by atoms with E-state index in [0.29, 0.717) is 31.5 Å². The van der Waals surface area contributed by atoms with E-state index < -0.39 is 5.60 Å². The van der Waals surface area contributed by atoms with E-state index in [0.717, 1.165) is 17.5 Å². The number of likely N-dealkylation sites (tertiary alicyclic amines) is 1. The average Bonchev–Trinajstić information content (AvgIpc) is 3.07. The Morgan fingerprint density at radius 1 is 1.19 bits per heavy atom. The Hall–Kier alpha value is -2.57. The molecule has 1 atom stereocenters. The highest BCUT2D eigenvalue weighted by Crippen LogP contribution is 2.27. The van der Waals surface area contributed by atoms with E-state index in [1.165, 1.54) is 0 Å². The van der Waals surface area contributed by atoms with Crippen LogP contribution in [-0.2, 0) is 4.74 Å². The third kappa shape index (κ3) is 4.33. The Morgan fingerprint density at radius 3 is 2.46 bits per heavy atom. The number of amides is 1. The molecule has 2 aromatic rings. The van der Waals surface area contributed by atoms with Crippen molar-refractivity contribution in [3.8, 4) is 11.8 Å². The lowest BCUT2D eigenvalue weighted by molar-refractivity contribution is 0.0284. The van der Waals surface area contributed by atoms with Crippen molar-refractivity contribution in [2.45, 2.75) is 32.8 Å². The van der Waals surface area contributed by atoms with Gasteiger partial charge in [0.15, 0.2) is 0 Å². The summed E-state index contributed by atoms with van der Waals surface area (Å²) >= 11 is 0. The van der Waals surface area contributed by atoms with Gasteiger partial charge in [0.2, 0.25) is 0 Å². The summed E-state index contributed by atoms with van der Waals surface area (Å²) in [5, 5.41) is 0. The first-order valence-corrected chi connectivity index (χ1v) is 8.77. The number of nitrogens with zero attached hydrogens (tertiary/aromatic N) is 3. The molecule has 0 N–H and O–H groups in total. The number of aromatic nitrogens is 2. The Balaban J connectivity index is 1.61. The van der Waals surface area contributed by atoms with Crippen LogP contribution in [0.25, 0.3) is 11.0 Å². The van der Waals surface area contributed by atoms with Gasteiger partial charge in [-0.15, -0.1) is 0 Å². The lowest BCUT2D eigenvalue weighted by Gasteiger charge is -2.24. The van der Waals surface area contributed by atoms with Gasteiger partial charge in [0, 0.05) is 19.0 Å². The molecule has 1 aromatic carbocycles. The van der Waals surface area contributed by atoms with Crippen LogP contribution in [0.5, 0.6) is 11.8 Å². The fraction of sp³-hybridized carbons (Fsp3) is 0.526. The molecule has 0 unspecified atom stereocenters. The van der Waals surface area contributed by atoms with Crippen molar-refractivity contribution in [2.75, 3.05) is 26.8 Å². The number of ether oxygens (including phenoxy) is 3. The first-order valence-electron chi connectivity index (χ1n) is 8.77. The number of para-hydroxylation sites is 2. The van der Waals surface area contributed by atoms with E-state index in [4.69, 9.17) is 14.2 Å². The molecule has 0 aliphatic carbocycles. The summed E-state index contributed by atoms with van der Waals surface area (Å²) in [7, 11) is 1.55. The van der Waals surface area contributed by atoms with E-state index in [1.807, 2.05) is 45.0 Å². The van der Waals surface area contributed by atoms with Gasteiger partial charge in [-0.1, -0.05) is 12.1 Å². The number of hydrogen-bond acceptors (Lipinski definition) is 6. The predicted octanol–water partition coefficient (Wildman–Crippen LogP) is 3.27. The second-order valence-corrected chi connectivity index (χ2v) is 7.42. The summed E-state index contributed by atoms with van der Waals surface area (Å²) in [5.41, 5.74) is 1.03. The summed E-state index contributed by atoms with van der Waals surface area (Å²) in [4.78, 5) is 22.8. The van der Waals surface area contributed by atoms with Gasteiger partial charge in [0.05, 0.1) is 24.8 Å². The average molecular weight is 359 g/mol. The molecule has 0 saturated carbocycles. The first-order chi connectivity index (χ1) is 12.4. The number of benzene rings is 1. The molecule has 1 aliphatic heterocycles. The van der Waals surface area contributed by atoms with E-state index in [2.05, 4.69) is 9.97 Å². The Bertz CT molecular complexity index is 788. The van der Waals surface area contributed by atoms with Gasteiger partial charge in [-0.05, 0) is 39.3 Å². The molecule has 7 nitrogen and oxygen atoms in total. The molecule has 1 saturated heterocycles. The Morgan fingerprint density at radius 2 is 1.85 bits per heavy atom. The normalized spacial score (nSPS) is 17.4. The maximum atomic E-state index is 12.1. The van der Waals surface area contributed by atoms with Crippen LogP contribution in [0, 0.1) is 5.92 Å². The number of rotatable bonds is 4. The van der Waals surface area contributed by atoms with Crippen molar-refractivity contribution in [2.24, 2.45) is 5.92 Å². The van der Waals surface area contributed by atoms with Gasteiger partial charge in [-0.3, -0.25) is 0 Å². The quantitative estimate of drug-likeness (QED) is 0.834. The summed E-state index contributed by atoms with van der Waals surface area (Å²) in [6.45, 7) is 7.33. The molecule has 0 radical (unpaired) electrons. The molecule has 7 heteroatoms. The van der Waals surface area contributed by atoms with Gasteiger partial charge in [-0.25, -0.2) is 14.8 Å². The zero-order valence-electron chi connectivity index (χ0n) is 15.7. The maximum absolute atomic E-state index is 12.1.